The average Bonchev–Trinajstić information content (AvgIpc) is 1.50. The van der Waals surface area contributed by atoms with E-state index < -0.39 is 24.2 Å². The number of imidazole rings is 5. The third kappa shape index (κ3) is 19.3. The molecule has 5 aromatic carbocycles. The molecule has 0 aliphatic carbocycles. The summed E-state index contributed by atoms with van der Waals surface area (Å²) in [4.78, 5) is 91.2. The Morgan fingerprint density at radius 1 is 0.296 bits per heavy atom. The van der Waals surface area contributed by atoms with Crippen LogP contribution in [-0.2, 0) is 33.0 Å². The quantitative estimate of drug-likeness (QED) is 0.0456. The number of nitrogens with zero attached hydrogens (tertiary/aromatic N) is 14. The number of aromatic nitrogens is 10. The second kappa shape index (κ2) is 38.6. The number of benzene rings is 5. The second-order valence-corrected chi connectivity index (χ2v) is 32.4. The topological polar surface area (TPSA) is 393 Å². The van der Waals surface area contributed by atoms with Crippen LogP contribution < -0.4 is 5.73 Å². The number of aliphatic hydroxyl groups is 9. The average molecular weight is 1790 g/mol. The van der Waals surface area contributed by atoms with E-state index in [1.807, 2.05) is 60.7 Å². The number of halogens is 5. The van der Waals surface area contributed by atoms with Crippen LogP contribution in [0.5, 0.6) is 0 Å². The summed E-state index contributed by atoms with van der Waals surface area (Å²) in [6.45, 7) is 2.59. The molecule has 4 aliphatic rings. The van der Waals surface area contributed by atoms with Crippen molar-refractivity contribution in [3.05, 3.63) is 294 Å². The van der Waals surface area contributed by atoms with Crippen molar-refractivity contribution < 1.29 is 69.9 Å². The normalized spacial score (nSPS) is 15.3. The van der Waals surface area contributed by atoms with Crippen LogP contribution in [0.1, 0.15) is 106 Å². The number of likely N-dealkylation sites (tertiary alicyclic amines) is 4. The largest absolute Gasteiger partial charge is 0.393 e. The summed E-state index contributed by atoms with van der Waals surface area (Å²) < 4.78 is 8.70. The Hall–Kier alpha value is -12.0. The molecule has 10 aromatic heterocycles. The standard InChI is InChI=1S/C20H20ClN3O3.2C19H18ClN3O3.C18H16ClN3O3.C15H12ClN3O2/c21-15-4-1-13(2-5-15)19-17(12-25)24-11-14(3-6-18(24)22-19)20(27)23-9-7-16(26)8-10-23;2*20-14-4-1-12(2-5-14)18-16(11-24)23-9-13(3-6-17(23)21-18)19(26)22-8-7-15(25)10-22;19-13-4-1-11(2-5-13)17-15(10-23)22-7-12(3-6-16(22)20-17)18(25)21-8-14(24)9-21;16-11-3-1-9(2-4-11)14-12(8-20)19-6-5-10(15(17)21)7-13(19)18-14/h1-6,11,16,25-26H,7-10,12H2;2*1-6,9,15,24-25H,7-8,10-11H2;1-7,14,23-24H,8-10H2;1-7,20H,8H2,(H2,17,21)/t;15-;;;/m.1.../s1. The fourth-order valence-corrected chi connectivity index (χ4v) is 16.0. The number of rotatable bonds is 15. The number of carbonyl (C=O) groups is 5. The molecule has 2 atom stereocenters. The predicted molar refractivity (Wildman–Crippen MR) is 472 cm³/mol. The number of piperidine rings is 1. The minimum Gasteiger partial charge on any atom is -0.393 e. The molecule has 0 saturated carbocycles. The lowest BCUT2D eigenvalue weighted by Crippen LogP contribution is -2.53. The number of fused-ring (bicyclic) bond motifs is 5. The van der Waals surface area contributed by atoms with Gasteiger partial charge in [0, 0.05) is 142 Å². The van der Waals surface area contributed by atoms with Crippen molar-refractivity contribution in [2.75, 3.05) is 52.4 Å². The summed E-state index contributed by atoms with van der Waals surface area (Å²) in [5, 5.41) is 90.6. The minimum absolute atomic E-state index is 0.0746. The Balaban J connectivity index is 0.000000121. The number of pyridine rings is 5. The van der Waals surface area contributed by atoms with Crippen molar-refractivity contribution in [2.24, 2.45) is 5.73 Å². The van der Waals surface area contributed by atoms with Crippen LogP contribution in [0.2, 0.25) is 25.1 Å². The van der Waals surface area contributed by atoms with Crippen molar-refractivity contribution >= 4 is 116 Å². The van der Waals surface area contributed by atoms with Gasteiger partial charge >= 0.3 is 0 Å². The minimum atomic E-state index is -0.515. The lowest BCUT2D eigenvalue weighted by Gasteiger charge is -2.35. The molecule has 4 aliphatic heterocycles. The molecule has 5 amide bonds. The number of β-amino-alcohol motifs (C(OH)–C–C–N with tert-alkyl or cyclic N) is 3. The van der Waals surface area contributed by atoms with E-state index in [2.05, 4.69) is 24.9 Å². The van der Waals surface area contributed by atoms with Gasteiger partial charge in [0.15, 0.2) is 0 Å². The summed E-state index contributed by atoms with van der Waals surface area (Å²) in [7, 11) is 0. The van der Waals surface area contributed by atoms with Gasteiger partial charge in [-0.2, -0.15) is 0 Å². The maximum absolute atomic E-state index is 12.8. The van der Waals surface area contributed by atoms with Crippen molar-refractivity contribution in [3.8, 4) is 56.3 Å². The van der Waals surface area contributed by atoms with Crippen LogP contribution in [0, 0.1) is 0 Å². The number of aliphatic hydroxyl groups excluding tert-OH is 9. The molecule has 29 nitrogen and oxygen atoms in total. The van der Waals surface area contributed by atoms with Crippen LogP contribution >= 0.6 is 58.0 Å². The maximum atomic E-state index is 12.8. The molecule has 4 fully saturated rings. The summed E-state index contributed by atoms with van der Waals surface area (Å²) in [5.74, 6) is -0.991. The highest BCUT2D eigenvalue weighted by atomic mass is 35.5. The number of amides is 5. The first-order valence-electron chi connectivity index (χ1n) is 39.9. The first kappa shape index (κ1) is 87.9. The highest BCUT2D eigenvalue weighted by molar-refractivity contribution is 6.32. The van der Waals surface area contributed by atoms with E-state index in [1.165, 1.54) is 0 Å². The molecule has 0 bridgehead atoms. The molecule has 125 heavy (non-hydrogen) atoms. The highest BCUT2D eigenvalue weighted by Gasteiger charge is 2.32. The molecular formula is C91H84Cl5N15O14. The SMILES string of the molecule is NC(=O)c1ccn2c(CO)c(-c3ccc(Cl)cc3)nc2c1.O=C(c1ccc2nc(-c3ccc(Cl)cc3)c(CO)n2c1)N1CC(O)C1.O=C(c1ccc2nc(-c3ccc(Cl)cc3)c(CO)n2c1)N1CCC(O)C1.O=C(c1ccc2nc(-c3ccc(Cl)cc3)c(CO)n2c1)N1CCC(O)CC1.O=C(c1ccc2nc(-c3ccc(Cl)cc3)c(CO)n2c1)N1CC[C@@H](O)C1. The highest BCUT2D eigenvalue weighted by Crippen LogP contribution is 2.34. The van der Waals surface area contributed by atoms with Gasteiger partial charge < -0.3 is 93.3 Å². The second-order valence-electron chi connectivity index (χ2n) is 30.2. The summed E-state index contributed by atoms with van der Waals surface area (Å²) >= 11 is 29.7. The summed E-state index contributed by atoms with van der Waals surface area (Å²) in [6.07, 6.45) is 9.18. The zero-order chi connectivity index (χ0) is 88.0. The first-order valence-corrected chi connectivity index (χ1v) is 41.8. The molecule has 1 unspecified atom stereocenters. The monoisotopic (exact) mass is 1790 g/mol. The van der Waals surface area contributed by atoms with Gasteiger partial charge in [0.25, 0.3) is 23.6 Å². The molecule has 642 valence electrons. The molecular weight excluding hydrogens is 1700 g/mol. The van der Waals surface area contributed by atoms with Crippen LogP contribution in [-0.4, -0.2) is 219 Å². The number of hydrogen-bond donors (Lipinski definition) is 10. The lowest BCUT2D eigenvalue weighted by molar-refractivity contribution is 0.00585. The van der Waals surface area contributed by atoms with Crippen molar-refractivity contribution in [1.82, 2.24) is 66.5 Å². The number of hydrogen-bond acceptors (Lipinski definition) is 19. The van der Waals surface area contributed by atoms with E-state index in [-0.39, 0.29) is 62.8 Å². The fourth-order valence-electron chi connectivity index (χ4n) is 15.4. The Labute approximate surface area is 739 Å². The zero-order valence-corrected chi connectivity index (χ0v) is 70.6. The third-order valence-corrected chi connectivity index (χ3v) is 23.3. The zero-order valence-electron chi connectivity index (χ0n) is 66.8. The van der Waals surface area contributed by atoms with E-state index in [0.717, 1.165) is 27.8 Å². The van der Waals surface area contributed by atoms with Gasteiger partial charge in [-0.3, -0.25) is 24.0 Å². The van der Waals surface area contributed by atoms with Crippen molar-refractivity contribution in [3.63, 3.8) is 0 Å². The third-order valence-electron chi connectivity index (χ3n) is 22.0. The van der Waals surface area contributed by atoms with Crippen LogP contribution in [0.15, 0.2) is 213 Å². The number of nitrogens with two attached hydrogens (primary N) is 1. The van der Waals surface area contributed by atoms with Gasteiger partial charge in [-0.15, -0.1) is 0 Å². The smallest absolute Gasteiger partial charge is 0.255 e. The molecule has 34 heteroatoms. The van der Waals surface area contributed by atoms with E-state index in [9.17, 15) is 69.9 Å². The van der Waals surface area contributed by atoms with Crippen LogP contribution in [0.3, 0.4) is 0 Å². The van der Waals surface area contributed by atoms with E-state index in [4.69, 9.17) is 63.7 Å². The van der Waals surface area contributed by atoms with Gasteiger partial charge in [-0.1, -0.05) is 119 Å². The van der Waals surface area contributed by atoms with Gasteiger partial charge in [0.05, 0.1) is 137 Å². The fraction of sp³-hybridized carbons (Fsp3) is 0.231. The lowest BCUT2D eigenvalue weighted by atomic mass is 10.1. The van der Waals surface area contributed by atoms with Gasteiger partial charge in [0.1, 0.15) is 28.2 Å². The molecule has 0 radical (unpaired) electrons. The van der Waals surface area contributed by atoms with Gasteiger partial charge in [-0.05, 0) is 147 Å². The predicted octanol–water partition coefficient (Wildman–Crippen LogP) is 11.7. The Bertz CT molecular complexity index is 6330. The summed E-state index contributed by atoms with van der Waals surface area (Å²) in [6, 6.07) is 53.3. The van der Waals surface area contributed by atoms with Crippen LogP contribution in [0.4, 0.5) is 0 Å². The summed E-state index contributed by atoms with van der Waals surface area (Å²) in [5.41, 5.74) is 21.4. The Kier molecular flexibility index (Phi) is 27.2. The van der Waals surface area contributed by atoms with Crippen LogP contribution in [0.25, 0.3) is 84.5 Å². The van der Waals surface area contributed by atoms with E-state index in [1.54, 1.807) is 194 Å². The van der Waals surface area contributed by atoms with Gasteiger partial charge in [0.2, 0.25) is 5.91 Å². The molecule has 4 saturated heterocycles. The molecule has 15 aromatic rings. The Morgan fingerprint density at radius 3 is 0.808 bits per heavy atom. The molecule has 11 N–H and O–H groups in total. The van der Waals surface area contributed by atoms with E-state index in [0.29, 0.717) is 216 Å². The molecule has 0 spiro atoms. The van der Waals surface area contributed by atoms with E-state index >= 15 is 0 Å². The molecule has 19 rings (SSSR count). The van der Waals surface area contributed by atoms with Gasteiger partial charge in [-0.25, -0.2) is 24.9 Å². The number of carbonyl (C=O) groups excluding carboxylic acids is 5. The number of primary amides is 1. The Morgan fingerprint density at radius 2 is 0.544 bits per heavy atom. The molecule has 14 heterocycles. The maximum Gasteiger partial charge on any atom is 0.255 e. The van der Waals surface area contributed by atoms with Crippen molar-refractivity contribution in [1.29, 1.82) is 0 Å². The van der Waals surface area contributed by atoms with Crippen molar-refractivity contribution in [2.45, 2.75) is 83.1 Å². The first-order chi connectivity index (χ1) is 60.3.